The van der Waals surface area contributed by atoms with Crippen molar-refractivity contribution in [2.24, 2.45) is 4.99 Å². The zero-order valence-corrected chi connectivity index (χ0v) is 6.37. The Morgan fingerprint density at radius 2 is 2.36 bits per heavy atom. The van der Waals surface area contributed by atoms with Crippen LogP contribution in [-0.2, 0) is 14.3 Å². The molecule has 0 atom stereocenters. The van der Waals surface area contributed by atoms with Crippen LogP contribution in [0.4, 0.5) is 0 Å². The Balaban J connectivity index is 0. The molecule has 0 fully saturated rings. The smallest absolute Gasteiger partial charge is 0.329 e. The van der Waals surface area contributed by atoms with Crippen LogP contribution in [0.5, 0.6) is 0 Å². The molecule has 0 saturated heterocycles. The highest BCUT2D eigenvalue weighted by atomic mass is 16.5. The Bertz CT molecular complexity index is 159. The largest absolute Gasteiger partial charge is 0.466 e. The molecule has 0 spiro atoms. The highest BCUT2D eigenvalue weighted by Crippen LogP contribution is 1.67. The first-order valence-corrected chi connectivity index (χ1v) is 2.76. The number of esters is 1. The number of nitrogens with zero attached hydrogens (tertiary/aromatic N) is 1. The molecule has 0 aliphatic rings. The minimum absolute atomic E-state index is 0.295. The predicted octanol–water partition coefficient (Wildman–Crippen LogP) is 0.502. The summed E-state index contributed by atoms with van der Waals surface area (Å²) in [5.41, 5.74) is 0. The normalized spacial score (nSPS) is 6.36. The summed E-state index contributed by atoms with van der Waals surface area (Å²) in [5.74, 6) is -0.394. The number of hydrogen-bond acceptors (Lipinski definition) is 4. The topological polar surface area (TPSA) is 55.7 Å². The van der Waals surface area contributed by atoms with Crippen LogP contribution in [0.2, 0.25) is 0 Å². The van der Waals surface area contributed by atoms with E-state index < -0.39 is 5.97 Å². The van der Waals surface area contributed by atoms with Crippen LogP contribution in [0.1, 0.15) is 0 Å². The molecule has 0 heterocycles. The van der Waals surface area contributed by atoms with Gasteiger partial charge in [-0.2, -0.15) is 0 Å². The zero-order chi connectivity index (χ0) is 9.11. The number of methoxy groups -OCH3 is 1. The molecule has 4 nitrogen and oxygen atoms in total. The number of carbonyl (C=O) groups excluding carboxylic acids is 2. The maximum Gasteiger partial charge on any atom is 0.329 e. The number of aliphatic imine (C=N–C) groups is 1. The fourth-order valence-corrected chi connectivity index (χ4v) is 0.129. The highest BCUT2D eigenvalue weighted by molar-refractivity contribution is 5.80. The lowest BCUT2D eigenvalue weighted by atomic mass is 10.7. The van der Waals surface area contributed by atoms with Gasteiger partial charge in [-0.15, -0.1) is 0 Å². The lowest BCUT2D eigenvalue weighted by Crippen LogP contribution is -1.91. The molecule has 0 aromatic heterocycles. The minimum Gasteiger partial charge on any atom is -0.466 e. The van der Waals surface area contributed by atoms with Gasteiger partial charge in [-0.25, -0.2) is 14.6 Å². The molecule has 0 unspecified atom stereocenters. The van der Waals surface area contributed by atoms with Gasteiger partial charge in [-0.3, -0.25) is 0 Å². The second-order valence-electron chi connectivity index (χ2n) is 1.20. The monoisotopic (exact) mass is 156 g/mol. The Labute approximate surface area is 65.6 Å². The van der Waals surface area contributed by atoms with Crippen molar-refractivity contribution in [3.05, 3.63) is 19.6 Å². The molecular weight excluding hydrogens is 146 g/mol. The summed E-state index contributed by atoms with van der Waals surface area (Å²) >= 11 is 0. The van der Waals surface area contributed by atoms with Crippen molar-refractivity contribution < 1.29 is 14.3 Å². The highest BCUT2D eigenvalue weighted by Gasteiger charge is 1.81. The van der Waals surface area contributed by atoms with Crippen molar-refractivity contribution in [1.82, 2.24) is 0 Å². The van der Waals surface area contributed by atoms with E-state index in [1.807, 2.05) is 0 Å². The van der Waals surface area contributed by atoms with Crippen molar-refractivity contribution in [2.45, 2.75) is 0 Å². The number of ether oxygens (including phenoxy) is 1. The first-order chi connectivity index (χ1) is 5.22. The summed E-state index contributed by atoms with van der Waals surface area (Å²) in [5, 5.41) is 0. The standard InChI is InChI=1S/C4H6O2.C3H4NO/c1-3-4(5)6-2;1-2-4-3-5/h3H,1H2,2H3;1-2H2. The second kappa shape index (κ2) is 11.4. The van der Waals surface area contributed by atoms with Crippen LogP contribution in [0.3, 0.4) is 0 Å². The van der Waals surface area contributed by atoms with Crippen LogP contribution >= 0.6 is 0 Å². The van der Waals surface area contributed by atoms with Crippen LogP contribution in [0.25, 0.3) is 0 Å². The molecule has 0 amide bonds. The molecule has 1 radical (unpaired) electrons. The summed E-state index contributed by atoms with van der Waals surface area (Å²) < 4.78 is 4.14. The van der Waals surface area contributed by atoms with Gasteiger partial charge in [0.1, 0.15) is 0 Å². The number of hydrogen-bond donors (Lipinski definition) is 0. The summed E-state index contributed by atoms with van der Waals surface area (Å²) in [4.78, 5) is 22.0. The van der Waals surface area contributed by atoms with Crippen molar-refractivity contribution in [1.29, 1.82) is 0 Å². The SMILES string of the molecule is C=CC(=O)OC.[CH2]CN=C=O. The van der Waals surface area contributed by atoms with Gasteiger partial charge in [-0.1, -0.05) is 6.58 Å². The molecule has 0 aliphatic heterocycles. The van der Waals surface area contributed by atoms with Crippen molar-refractivity contribution in [3.63, 3.8) is 0 Å². The average molecular weight is 156 g/mol. The molecule has 0 bridgehead atoms. The third kappa shape index (κ3) is 17.7. The van der Waals surface area contributed by atoms with E-state index >= 15 is 0 Å². The van der Waals surface area contributed by atoms with Gasteiger partial charge in [0, 0.05) is 6.08 Å². The molecule has 0 aliphatic carbocycles. The third-order valence-electron chi connectivity index (χ3n) is 0.544. The zero-order valence-electron chi connectivity index (χ0n) is 6.37. The lowest BCUT2D eigenvalue weighted by molar-refractivity contribution is -0.134. The summed E-state index contributed by atoms with van der Waals surface area (Å²) in [6.45, 7) is 6.70. The van der Waals surface area contributed by atoms with E-state index in [9.17, 15) is 4.79 Å². The van der Waals surface area contributed by atoms with Gasteiger partial charge < -0.3 is 4.74 Å². The van der Waals surface area contributed by atoms with E-state index in [0.717, 1.165) is 6.08 Å². The first kappa shape index (κ1) is 12.3. The Morgan fingerprint density at radius 1 is 1.82 bits per heavy atom. The van der Waals surface area contributed by atoms with Crippen LogP contribution in [0, 0.1) is 6.92 Å². The molecular formula is C7H10NO3. The third-order valence-corrected chi connectivity index (χ3v) is 0.544. The number of rotatable bonds is 2. The summed E-state index contributed by atoms with van der Waals surface area (Å²) in [6.07, 6.45) is 2.44. The number of carbonyl (C=O) groups is 1. The number of isocyanates is 1. The average Bonchev–Trinajstić information content (AvgIpc) is 2.06. The van der Waals surface area contributed by atoms with E-state index in [1.54, 1.807) is 0 Å². The predicted molar refractivity (Wildman–Crippen MR) is 40.6 cm³/mol. The first-order valence-electron chi connectivity index (χ1n) is 2.76. The van der Waals surface area contributed by atoms with E-state index in [-0.39, 0.29) is 0 Å². The lowest BCUT2D eigenvalue weighted by Gasteiger charge is -1.83. The summed E-state index contributed by atoms with van der Waals surface area (Å²) in [7, 11) is 1.31. The molecule has 4 heteroatoms. The van der Waals surface area contributed by atoms with Gasteiger partial charge >= 0.3 is 5.97 Å². The Kier molecular flexibility index (Phi) is 12.7. The molecule has 61 valence electrons. The van der Waals surface area contributed by atoms with E-state index in [2.05, 4.69) is 23.2 Å². The fraction of sp³-hybridized carbons (Fsp3) is 0.286. The fourth-order valence-electron chi connectivity index (χ4n) is 0.129. The van der Waals surface area contributed by atoms with Crippen molar-refractivity contribution in [2.75, 3.05) is 13.7 Å². The van der Waals surface area contributed by atoms with Crippen LogP contribution < -0.4 is 0 Å². The molecule has 0 N–H and O–H groups in total. The van der Waals surface area contributed by atoms with Crippen LogP contribution in [-0.4, -0.2) is 25.7 Å². The van der Waals surface area contributed by atoms with Crippen molar-refractivity contribution >= 4 is 12.0 Å². The van der Waals surface area contributed by atoms with Gasteiger partial charge in [0.25, 0.3) is 0 Å². The van der Waals surface area contributed by atoms with E-state index in [4.69, 9.17) is 4.79 Å². The van der Waals surface area contributed by atoms with Gasteiger partial charge in [0.2, 0.25) is 6.08 Å². The molecule has 0 aromatic carbocycles. The Morgan fingerprint density at radius 3 is 2.36 bits per heavy atom. The van der Waals surface area contributed by atoms with Gasteiger partial charge in [0.15, 0.2) is 0 Å². The quantitative estimate of drug-likeness (QED) is 0.253. The molecule has 0 aromatic rings. The van der Waals surface area contributed by atoms with Crippen LogP contribution in [0.15, 0.2) is 17.6 Å². The molecule has 0 rings (SSSR count). The maximum atomic E-state index is 9.84. The van der Waals surface area contributed by atoms with E-state index in [1.165, 1.54) is 13.2 Å². The summed E-state index contributed by atoms with van der Waals surface area (Å²) in [6, 6.07) is 0. The molecule has 11 heavy (non-hydrogen) atoms. The van der Waals surface area contributed by atoms with E-state index in [0.29, 0.717) is 6.54 Å². The van der Waals surface area contributed by atoms with Gasteiger partial charge in [0.05, 0.1) is 13.7 Å². The van der Waals surface area contributed by atoms with Gasteiger partial charge in [-0.05, 0) is 6.92 Å². The molecule has 0 saturated carbocycles. The maximum absolute atomic E-state index is 9.84. The van der Waals surface area contributed by atoms with Crippen molar-refractivity contribution in [3.8, 4) is 0 Å². The Hall–Kier alpha value is -1.41. The minimum atomic E-state index is -0.394. The second-order valence-corrected chi connectivity index (χ2v) is 1.20.